The molecule has 1 aliphatic heterocycles. The Morgan fingerprint density at radius 3 is 2.52 bits per heavy atom. The highest BCUT2D eigenvalue weighted by Gasteiger charge is 2.41. The summed E-state index contributed by atoms with van der Waals surface area (Å²) in [5.41, 5.74) is 0.114. The van der Waals surface area contributed by atoms with Crippen molar-refractivity contribution < 1.29 is 0 Å². The fraction of sp³-hybridized carbons (Fsp3) is 0.944. The molecule has 0 radical (unpaired) electrons. The number of hydrogen-bond acceptors (Lipinski definition) is 3. The molecular formula is C18H33N3. The molecule has 1 saturated carbocycles. The molecule has 3 heteroatoms. The average molecular weight is 291 g/mol. The lowest BCUT2D eigenvalue weighted by molar-refractivity contribution is 0.125. The van der Waals surface area contributed by atoms with E-state index >= 15 is 0 Å². The molecule has 2 aliphatic rings. The molecule has 0 aromatic rings. The molecule has 0 amide bonds. The molecule has 2 rings (SSSR count). The minimum absolute atomic E-state index is 0.295. The van der Waals surface area contributed by atoms with Gasteiger partial charge in [0.15, 0.2) is 0 Å². The van der Waals surface area contributed by atoms with E-state index in [-0.39, 0.29) is 5.54 Å². The monoisotopic (exact) mass is 291 g/mol. The Labute approximate surface area is 131 Å². The van der Waals surface area contributed by atoms with Gasteiger partial charge in [-0.3, -0.25) is 10.2 Å². The number of nitrogens with one attached hydrogen (secondary N) is 1. The Bertz CT molecular complexity index is 390. The number of nitrogens with zero attached hydrogens (tertiary/aromatic N) is 2. The van der Waals surface area contributed by atoms with Crippen LogP contribution in [0.2, 0.25) is 0 Å². The third kappa shape index (κ3) is 3.99. The van der Waals surface area contributed by atoms with Crippen LogP contribution in [0.15, 0.2) is 0 Å². The van der Waals surface area contributed by atoms with Crippen molar-refractivity contribution in [1.29, 1.82) is 5.26 Å². The first-order chi connectivity index (χ1) is 9.76. The Morgan fingerprint density at radius 1 is 1.29 bits per heavy atom. The first kappa shape index (κ1) is 16.8. The molecule has 0 aromatic carbocycles. The summed E-state index contributed by atoms with van der Waals surface area (Å²) >= 11 is 0. The maximum atomic E-state index is 9.70. The van der Waals surface area contributed by atoms with Crippen molar-refractivity contribution in [3.05, 3.63) is 0 Å². The minimum Gasteiger partial charge on any atom is -0.300 e. The van der Waals surface area contributed by atoms with E-state index in [1.165, 1.54) is 32.4 Å². The number of likely N-dealkylation sites (tertiary alicyclic amines) is 1. The van der Waals surface area contributed by atoms with E-state index in [0.29, 0.717) is 17.5 Å². The van der Waals surface area contributed by atoms with Gasteiger partial charge in [0.2, 0.25) is 0 Å². The van der Waals surface area contributed by atoms with Gasteiger partial charge in [-0.1, -0.05) is 20.8 Å². The Hall–Kier alpha value is -0.590. The smallest absolute Gasteiger partial charge is 0.108 e. The van der Waals surface area contributed by atoms with Crippen LogP contribution in [-0.2, 0) is 0 Å². The Morgan fingerprint density at radius 2 is 2.00 bits per heavy atom. The van der Waals surface area contributed by atoms with Gasteiger partial charge in [0, 0.05) is 18.6 Å². The first-order valence-corrected chi connectivity index (χ1v) is 8.69. The van der Waals surface area contributed by atoms with Gasteiger partial charge in [-0.2, -0.15) is 5.26 Å². The van der Waals surface area contributed by atoms with Crippen LogP contribution < -0.4 is 5.32 Å². The van der Waals surface area contributed by atoms with Crippen molar-refractivity contribution in [1.82, 2.24) is 10.2 Å². The third-order valence-electron chi connectivity index (χ3n) is 5.46. The summed E-state index contributed by atoms with van der Waals surface area (Å²) in [5, 5.41) is 13.3. The summed E-state index contributed by atoms with van der Waals surface area (Å²) in [6.07, 6.45) is 5.76. The van der Waals surface area contributed by atoms with Crippen molar-refractivity contribution in [2.24, 2.45) is 11.3 Å². The van der Waals surface area contributed by atoms with Gasteiger partial charge in [0.05, 0.1) is 6.07 Å². The van der Waals surface area contributed by atoms with Crippen LogP contribution in [0.3, 0.4) is 0 Å². The van der Waals surface area contributed by atoms with Gasteiger partial charge in [-0.25, -0.2) is 0 Å². The molecule has 120 valence electrons. The molecule has 3 unspecified atom stereocenters. The topological polar surface area (TPSA) is 39.1 Å². The maximum Gasteiger partial charge on any atom is 0.108 e. The number of nitriles is 1. The highest BCUT2D eigenvalue weighted by atomic mass is 15.2. The van der Waals surface area contributed by atoms with E-state index in [1.807, 2.05) is 0 Å². The van der Waals surface area contributed by atoms with Crippen LogP contribution in [0.5, 0.6) is 0 Å². The molecule has 3 atom stereocenters. The molecule has 3 nitrogen and oxygen atoms in total. The van der Waals surface area contributed by atoms with E-state index in [9.17, 15) is 5.26 Å². The van der Waals surface area contributed by atoms with Crippen LogP contribution in [0.1, 0.15) is 66.7 Å². The zero-order valence-corrected chi connectivity index (χ0v) is 14.6. The molecule has 1 N–H and O–H groups in total. The number of hydrogen-bond donors (Lipinski definition) is 1. The van der Waals surface area contributed by atoms with E-state index in [2.05, 4.69) is 50.9 Å². The molecule has 0 aromatic heterocycles. The molecule has 1 aliphatic carbocycles. The summed E-state index contributed by atoms with van der Waals surface area (Å²) in [7, 11) is 0. The lowest BCUT2D eigenvalue weighted by Crippen LogP contribution is -2.54. The molecule has 21 heavy (non-hydrogen) atoms. The SMILES string of the molecule is CC(C)NC1(C#N)CCCC(N2CCC(C(C)(C)C)C2)C1. The molecule has 1 heterocycles. The maximum absolute atomic E-state index is 9.70. The van der Waals surface area contributed by atoms with Gasteiger partial charge in [0.1, 0.15) is 5.54 Å². The average Bonchev–Trinajstić information content (AvgIpc) is 2.87. The van der Waals surface area contributed by atoms with Crippen molar-refractivity contribution >= 4 is 0 Å². The fourth-order valence-corrected chi connectivity index (χ4v) is 4.20. The lowest BCUT2D eigenvalue weighted by atomic mass is 9.78. The van der Waals surface area contributed by atoms with E-state index < -0.39 is 0 Å². The van der Waals surface area contributed by atoms with Crippen molar-refractivity contribution in [2.45, 2.75) is 84.3 Å². The van der Waals surface area contributed by atoms with Crippen molar-refractivity contribution in [3.63, 3.8) is 0 Å². The largest absolute Gasteiger partial charge is 0.300 e. The Balaban J connectivity index is 2.00. The highest BCUT2D eigenvalue weighted by molar-refractivity contribution is 5.12. The fourth-order valence-electron chi connectivity index (χ4n) is 4.20. The first-order valence-electron chi connectivity index (χ1n) is 8.69. The molecular weight excluding hydrogens is 258 g/mol. The highest BCUT2D eigenvalue weighted by Crippen LogP contribution is 2.38. The summed E-state index contributed by atoms with van der Waals surface area (Å²) in [6, 6.07) is 3.58. The molecule has 0 spiro atoms. The van der Waals surface area contributed by atoms with Gasteiger partial charge < -0.3 is 0 Å². The second-order valence-corrected chi connectivity index (χ2v) is 8.59. The van der Waals surface area contributed by atoms with Crippen LogP contribution in [-0.4, -0.2) is 35.6 Å². The van der Waals surface area contributed by atoms with Crippen LogP contribution in [0.4, 0.5) is 0 Å². The van der Waals surface area contributed by atoms with E-state index in [4.69, 9.17) is 0 Å². The summed E-state index contributed by atoms with van der Waals surface area (Å²) in [6.45, 7) is 13.8. The zero-order chi connectivity index (χ0) is 15.7. The summed E-state index contributed by atoms with van der Waals surface area (Å²) < 4.78 is 0. The molecule has 1 saturated heterocycles. The second kappa shape index (κ2) is 6.26. The predicted octanol–water partition coefficient (Wildman–Crippen LogP) is 3.56. The summed E-state index contributed by atoms with van der Waals surface area (Å²) in [5.74, 6) is 0.800. The minimum atomic E-state index is -0.295. The summed E-state index contributed by atoms with van der Waals surface area (Å²) in [4.78, 5) is 2.67. The standard InChI is InChI=1S/C18H33N3/c1-14(2)20-18(13-19)9-6-7-16(11-18)21-10-8-15(12-21)17(3,4)5/h14-16,20H,6-12H2,1-5H3. The van der Waals surface area contributed by atoms with E-state index in [1.54, 1.807) is 0 Å². The quantitative estimate of drug-likeness (QED) is 0.864. The van der Waals surface area contributed by atoms with E-state index in [0.717, 1.165) is 18.8 Å². The van der Waals surface area contributed by atoms with Crippen LogP contribution in [0, 0.1) is 22.7 Å². The zero-order valence-electron chi connectivity index (χ0n) is 14.6. The third-order valence-corrected chi connectivity index (χ3v) is 5.46. The van der Waals surface area contributed by atoms with Gasteiger partial charge in [0.25, 0.3) is 0 Å². The lowest BCUT2D eigenvalue weighted by Gasteiger charge is -2.41. The van der Waals surface area contributed by atoms with Gasteiger partial charge in [-0.15, -0.1) is 0 Å². The number of rotatable bonds is 3. The van der Waals surface area contributed by atoms with Crippen LogP contribution >= 0.6 is 0 Å². The molecule has 2 fully saturated rings. The molecule has 0 bridgehead atoms. The Kier molecular flexibility index (Phi) is 5.00. The van der Waals surface area contributed by atoms with Crippen LogP contribution in [0.25, 0.3) is 0 Å². The second-order valence-electron chi connectivity index (χ2n) is 8.59. The predicted molar refractivity (Wildman–Crippen MR) is 88.0 cm³/mol. The van der Waals surface area contributed by atoms with Gasteiger partial charge >= 0.3 is 0 Å². The van der Waals surface area contributed by atoms with Gasteiger partial charge in [-0.05, 0) is 63.8 Å². The van der Waals surface area contributed by atoms with Crippen molar-refractivity contribution in [2.75, 3.05) is 13.1 Å². The van der Waals surface area contributed by atoms with Crippen molar-refractivity contribution in [3.8, 4) is 6.07 Å². The normalized spacial score (nSPS) is 35.1.